The van der Waals surface area contributed by atoms with Gasteiger partial charge in [-0.2, -0.15) is 0 Å². The van der Waals surface area contributed by atoms with Crippen molar-refractivity contribution in [3.05, 3.63) is 59.7 Å². The molecule has 2 amide bonds. The highest BCUT2D eigenvalue weighted by atomic mass is 16.5. The molecule has 1 heterocycles. The van der Waals surface area contributed by atoms with Gasteiger partial charge in [0.15, 0.2) is 0 Å². The first kappa shape index (κ1) is 23.8. The van der Waals surface area contributed by atoms with Crippen molar-refractivity contribution in [2.45, 2.75) is 51.6 Å². The zero-order chi connectivity index (χ0) is 24.4. The average Bonchev–Trinajstić information content (AvgIpc) is 3.40. The maximum atomic E-state index is 13.3. The van der Waals surface area contributed by atoms with Crippen molar-refractivity contribution in [2.75, 3.05) is 13.2 Å². The van der Waals surface area contributed by atoms with Crippen molar-refractivity contribution in [3.8, 4) is 11.1 Å². The van der Waals surface area contributed by atoms with Crippen LogP contribution in [0.1, 0.15) is 50.7 Å². The molecule has 2 aromatic rings. The van der Waals surface area contributed by atoms with E-state index < -0.39 is 24.0 Å². The van der Waals surface area contributed by atoms with Gasteiger partial charge in [-0.25, -0.2) is 4.79 Å². The first-order valence-electron chi connectivity index (χ1n) is 12.0. The predicted molar refractivity (Wildman–Crippen MR) is 128 cm³/mol. The Labute approximate surface area is 200 Å². The molecule has 2 aliphatic rings. The number of nitrogens with one attached hydrogen (secondary N) is 1. The molecule has 34 heavy (non-hydrogen) atoms. The van der Waals surface area contributed by atoms with Crippen LogP contribution in [0.5, 0.6) is 0 Å². The van der Waals surface area contributed by atoms with Crippen LogP contribution in [0.25, 0.3) is 11.1 Å². The van der Waals surface area contributed by atoms with Gasteiger partial charge >= 0.3 is 12.1 Å². The van der Waals surface area contributed by atoms with Gasteiger partial charge < -0.3 is 20.1 Å². The van der Waals surface area contributed by atoms with Crippen LogP contribution >= 0.6 is 0 Å². The Morgan fingerprint density at radius 2 is 1.65 bits per heavy atom. The van der Waals surface area contributed by atoms with E-state index in [4.69, 9.17) is 4.74 Å². The van der Waals surface area contributed by atoms with E-state index in [1.807, 2.05) is 45.0 Å². The van der Waals surface area contributed by atoms with Crippen LogP contribution in [-0.2, 0) is 14.3 Å². The van der Waals surface area contributed by atoms with Crippen molar-refractivity contribution in [1.82, 2.24) is 10.2 Å². The van der Waals surface area contributed by atoms with Crippen molar-refractivity contribution < 1.29 is 24.2 Å². The number of aliphatic carboxylic acids is 1. The van der Waals surface area contributed by atoms with Gasteiger partial charge in [-0.3, -0.25) is 9.59 Å². The molecule has 2 unspecified atom stereocenters. The van der Waals surface area contributed by atoms with E-state index >= 15 is 0 Å². The Bertz CT molecular complexity index is 1040. The van der Waals surface area contributed by atoms with Crippen molar-refractivity contribution in [2.24, 2.45) is 11.8 Å². The molecule has 1 aliphatic carbocycles. The summed E-state index contributed by atoms with van der Waals surface area (Å²) in [6.45, 7) is 6.15. The van der Waals surface area contributed by atoms with Crippen LogP contribution in [0, 0.1) is 11.8 Å². The third-order valence-corrected chi connectivity index (χ3v) is 7.11. The summed E-state index contributed by atoms with van der Waals surface area (Å²) in [5.74, 6) is -1.94. The second kappa shape index (κ2) is 9.87. The summed E-state index contributed by atoms with van der Waals surface area (Å²) in [6, 6.07) is 15.1. The second-order valence-electron chi connectivity index (χ2n) is 9.43. The summed E-state index contributed by atoms with van der Waals surface area (Å²) in [5.41, 5.74) is 4.54. The zero-order valence-corrected chi connectivity index (χ0v) is 19.9. The Hall–Kier alpha value is -3.35. The minimum atomic E-state index is -0.882. The van der Waals surface area contributed by atoms with E-state index in [-0.39, 0.29) is 30.4 Å². The standard InChI is InChI=1S/C27H32N2O5/c1-4-23-21(26(31)32)13-14-29(23)25(30)24(16(2)3)28-27(33)34-15-22-19-11-7-5-9-17(19)18-10-6-8-12-20(18)22/h5-12,16,21-24H,4,13-15H2,1-3H3,(H,28,33)(H,31,32)/t21?,23?,24-/m1/s1. The SMILES string of the molecule is CCC1C(C(=O)O)CCN1C(=O)[C@H](NC(=O)OCC1c2ccccc2-c2ccccc21)C(C)C. The third-order valence-electron chi connectivity index (χ3n) is 7.11. The summed E-state index contributed by atoms with van der Waals surface area (Å²) in [6.07, 6.45) is 0.337. The fourth-order valence-electron chi connectivity index (χ4n) is 5.38. The number of amides is 2. The molecule has 1 saturated heterocycles. The van der Waals surface area contributed by atoms with E-state index in [1.165, 1.54) is 0 Å². The largest absolute Gasteiger partial charge is 0.481 e. The van der Waals surface area contributed by atoms with Gasteiger partial charge in [0.25, 0.3) is 0 Å². The van der Waals surface area contributed by atoms with Crippen molar-refractivity contribution in [1.29, 1.82) is 0 Å². The molecule has 0 spiro atoms. The molecule has 1 fully saturated rings. The van der Waals surface area contributed by atoms with Gasteiger partial charge in [0.05, 0.1) is 5.92 Å². The molecule has 4 rings (SSSR count). The topological polar surface area (TPSA) is 95.9 Å². The van der Waals surface area contributed by atoms with Gasteiger partial charge in [0.1, 0.15) is 12.6 Å². The van der Waals surface area contributed by atoms with Gasteiger partial charge in [-0.1, -0.05) is 69.3 Å². The minimum Gasteiger partial charge on any atom is -0.481 e. The smallest absolute Gasteiger partial charge is 0.407 e. The van der Waals surface area contributed by atoms with E-state index in [0.717, 1.165) is 22.3 Å². The lowest BCUT2D eigenvalue weighted by Crippen LogP contribution is -2.53. The first-order valence-corrected chi connectivity index (χ1v) is 12.0. The number of hydrogen-bond donors (Lipinski definition) is 2. The Morgan fingerprint density at radius 1 is 1.06 bits per heavy atom. The van der Waals surface area contributed by atoms with Crippen LogP contribution in [0.3, 0.4) is 0 Å². The Kier molecular flexibility index (Phi) is 6.91. The van der Waals surface area contributed by atoms with Crippen LogP contribution < -0.4 is 5.32 Å². The molecule has 180 valence electrons. The molecule has 0 bridgehead atoms. The second-order valence-corrected chi connectivity index (χ2v) is 9.43. The summed E-state index contributed by atoms with van der Waals surface area (Å²) in [7, 11) is 0. The number of fused-ring (bicyclic) bond motifs is 3. The van der Waals surface area contributed by atoms with Crippen LogP contribution in [0.4, 0.5) is 4.79 Å². The highest BCUT2D eigenvalue weighted by Gasteiger charge is 2.42. The highest BCUT2D eigenvalue weighted by Crippen LogP contribution is 2.44. The molecule has 7 heteroatoms. The lowest BCUT2D eigenvalue weighted by atomic mass is 9.97. The van der Waals surface area contributed by atoms with E-state index in [1.54, 1.807) is 4.90 Å². The predicted octanol–water partition coefficient (Wildman–Crippen LogP) is 4.26. The first-order chi connectivity index (χ1) is 16.3. The minimum absolute atomic E-state index is 0.0641. The van der Waals surface area contributed by atoms with E-state index in [2.05, 4.69) is 29.6 Å². The molecule has 2 N–H and O–H groups in total. The Balaban J connectivity index is 1.43. The number of carboxylic acid groups (broad SMARTS) is 1. The van der Waals surface area contributed by atoms with Gasteiger partial charge in [-0.05, 0) is 41.0 Å². The number of hydrogen-bond acceptors (Lipinski definition) is 4. The molecular weight excluding hydrogens is 432 g/mol. The quantitative estimate of drug-likeness (QED) is 0.638. The molecular formula is C27H32N2O5. The van der Waals surface area contributed by atoms with Crippen LogP contribution in [-0.4, -0.2) is 53.2 Å². The molecule has 7 nitrogen and oxygen atoms in total. The van der Waals surface area contributed by atoms with E-state index in [0.29, 0.717) is 19.4 Å². The lowest BCUT2D eigenvalue weighted by Gasteiger charge is -2.31. The molecule has 0 aromatic heterocycles. The maximum absolute atomic E-state index is 13.3. The summed E-state index contributed by atoms with van der Waals surface area (Å²) in [4.78, 5) is 39.3. The normalized spacial score (nSPS) is 20.1. The van der Waals surface area contributed by atoms with Crippen molar-refractivity contribution in [3.63, 3.8) is 0 Å². The summed E-state index contributed by atoms with van der Waals surface area (Å²) >= 11 is 0. The fraction of sp³-hybridized carbons (Fsp3) is 0.444. The number of carboxylic acids is 1. The third kappa shape index (κ3) is 4.39. The molecule has 0 radical (unpaired) electrons. The van der Waals surface area contributed by atoms with Gasteiger partial charge in [-0.15, -0.1) is 0 Å². The molecule has 1 aliphatic heterocycles. The number of alkyl carbamates (subject to hydrolysis) is 1. The lowest BCUT2D eigenvalue weighted by molar-refractivity contribution is -0.143. The monoisotopic (exact) mass is 464 g/mol. The van der Waals surface area contributed by atoms with Gasteiger partial charge in [0, 0.05) is 18.5 Å². The number of likely N-dealkylation sites (tertiary alicyclic amines) is 1. The number of carbonyl (C=O) groups is 3. The van der Waals surface area contributed by atoms with E-state index in [9.17, 15) is 19.5 Å². The molecule has 3 atom stereocenters. The maximum Gasteiger partial charge on any atom is 0.407 e. The van der Waals surface area contributed by atoms with Crippen molar-refractivity contribution >= 4 is 18.0 Å². The zero-order valence-electron chi connectivity index (χ0n) is 19.9. The molecule has 0 saturated carbocycles. The number of benzene rings is 2. The number of ether oxygens (including phenoxy) is 1. The Morgan fingerprint density at radius 3 is 2.18 bits per heavy atom. The fourth-order valence-corrected chi connectivity index (χ4v) is 5.38. The summed E-state index contributed by atoms with van der Waals surface area (Å²) in [5, 5.41) is 12.2. The van der Waals surface area contributed by atoms with Crippen LogP contribution in [0.2, 0.25) is 0 Å². The number of rotatable bonds is 7. The van der Waals surface area contributed by atoms with Gasteiger partial charge in [0.2, 0.25) is 5.91 Å². The van der Waals surface area contributed by atoms with Crippen LogP contribution in [0.15, 0.2) is 48.5 Å². The number of nitrogens with zero attached hydrogens (tertiary/aromatic N) is 1. The average molecular weight is 465 g/mol. The molecule has 2 aromatic carbocycles. The number of carbonyl (C=O) groups excluding carboxylic acids is 2. The summed E-state index contributed by atoms with van der Waals surface area (Å²) < 4.78 is 5.63. The highest BCUT2D eigenvalue weighted by molar-refractivity contribution is 5.87.